The maximum absolute atomic E-state index is 12.8. The lowest BCUT2D eigenvalue weighted by molar-refractivity contribution is -0.137. The van der Waals surface area contributed by atoms with E-state index in [9.17, 15) is 26.4 Å². The standard InChI is InChI=1S/C19H16ClF3N2O3S/c20-17-8-3-14(19(21,22)23)12-13(17)2-9-18(26)24-15-4-6-16(7-5-15)25-10-1-11-29(25,27)28/h2-9,12H,1,10-11H2,(H,24,26)/b9-2+. The summed E-state index contributed by atoms with van der Waals surface area (Å²) in [5.41, 5.74) is 0.113. The Labute approximate surface area is 170 Å². The summed E-state index contributed by atoms with van der Waals surface area (Å²) < 4.78 is 63.5. The number of halogens is 4. The molecule has 1 saturated heterocycles. The van der Waals surface area contributed by atoms with E-state index in [2.05, 4.69) is 5.32 Å². The molecule has 10 heteroatoms. The lowest BCUT2D eigenvalue weighted by Crippen LogP contribution is -2.24. The van der Waals surface area contributed by atoms with E-state index >= 15 is 0 Å². The minimum absolute atomic E-state index is 0.0613. The maximum atomic E-state index is 12.8. The van der Waals surface area contributed by atoms with E-state index in [1.54, 1.807) is 24.3 Å². The molecule has 0 aromatic heterocycles. The number of amides is 1. The summed E-state index contributed by atoms with van der Waals surface area (Å²) >= 11 is 5.89. The number of benzene rings is 2. The third-order valence-electron chi connectivity index (χ3n) is 4.26. The molecule has 1 N–H and O–H groups in total. The Balaban J connectivity index is 1.68. The molecule has 2 aromatic carbocycles. The molecule has 29 heavy (non-hydrogen) atoms. The molecule has 0 radical (unpaired) electrons. The SMILES string of the molecule is O=C(/C=C/c1cc(C(F)(F)F)ccc1Cl)Nc1ccc(N2CCCS2(=O)=O)cc1. The molecule has 1 amide bonds. The van der Waals surface area contributed by atoms with Crippen LogP contribution in [0.5, 0.6) is 0 Å². The van der Waals surface area contributed by atoms with Crippen molar-refractivity contribution in [3.63, 3.8) is 0 Å². The van der Waals surface area contributed by atoms with E-state index in [0.29, 0.717) is 24.3 Å². The summed E-state index contributed by atoms with van der Waals surface area (Å²) in [5.74, 6) is -0.464. The van der Waals surface area contributed by atoms with Crippen molar-refractivity contribution in [1.82, 2.24) is 0 Å². The zero-order chi connectivity index (χ0) is 21.2. The summed E-state index contributed by atoms with van der Waals surface area (Å²) in [7, 11) is -3.29. The lowest BCUT2D eigenvalue weighted by atomic mass is 10.1. The average Bonchev–Trinajstić information content (AvgIpc) is 3.00. The molecule has 1 fully saturated rings. The highest BCUT2D eigenvalue weighted by atomic mass is 35.5. The number of nitrogens with zero attached hydrogens (tertiary/aromatic N) is 1. The predicted octanol–water partition coefficient (Wildman–Crippen LogP) is 4.55. The fraction of sp³-hybridized carbons (Fsp3) is 0.211. The molecule has 1 aliphatic heterocycles. The first-order chi connectivity index (χ1) is 13.6. The Bertz CT molecular complexity index is 1050. The Morgan fingerprint density at radius 3 is 2.41 bits per heavy atom. The van der Waals surface area contributed by atoms with Gasteiger partial charge in [-0.1, -0.05) is 11.6 Å². The van der Waals surface area contributed by atoms with E-state index in [0.717, 1.165) is 24.3 Å². The second kappa shape index (κ2) is 8.08. The van der Waals surface area contributed by atoms with Crippen LogP contribution in [-0.2, 0) is 21.0 Å². The summed E-state index contributed by atoms with van der Waals surface area (Å²) in [6, 6.07) is 9.09. The van der Waals surface area contributed by atoms with Gasteiger partial charge >= 0.3 is 6.18 Å². The van der Waals surface area contributed by atoms with E-state index in [4.69, 9.17) is 11.6 Å². The number of nitrogens with one attached hydrogen (secondary N) is 1. The van der Waals surface area contributed by atoms with Crippen LogP contribution in [0.25, 0.3) is 6.08 Å². The van der Waals surface area contributed by atoms with Crippen LogP contribution in [0, 0.1) is 0 Å². The van der Waals surface area contributed by atoms with Gasteiger partial charge in [-0.25, -0.2) is 8.42 Å². The minimum Gasteiger partial charge on any atom is -0.323 e. The predicted molar refractivity (Wildman–Crippen MR) is 106 cm³/mol. The van der Waals surface area contributed by atoms with E-state index < -0.39 is 27.7 Å². The third-order valence-corrected chi connectivity index (χ3v) is 6.47. The third kappa shape index (κ3) is 5.10. The van der Waals surface area contributed by atoms with E-state index in [1.807, 2.05) is 0 Å². The van der Waals surface area contributed by atoms with Gasteiger partial charge in [0.15, 0.2) is 0 Å². The molecule has 1 heterocycles. The highest BCUT2D eigenvalue weighted by Crippen LogP contribution is 2.32. The van der Waals surface area contributed by atoms with E-state index in [-0.39, 0.29) is 16.3 Å². The second-order valence-corrected chi connectivity index (χ2v) is 8.77. The van der Waals surface area contributed by atoms with Gasteiger partial charge in [0.25, 0.3) is 0 Å². The molecule has 0 atom stereocenters. The van der Waals surface area contributed by atoms with Gasteiger partial charge < -0.3 is 5.32 Å². The van der Waals surface area contributed by atoms with Gasteiger partial charge in [-0.15, -0.1) is 0 Å². The number of sulfonamides is 1. The number of rotatable bonds is 4. The average molecular weight is 445 g/mol. The number of carbonyl (C=O) groups is 1. The van der Waals surface area contributed by atoms with Crippen molar-refractivity contribution in [2.45, 2.75) is 12.6 Å². The van der Waals surface area contributed by atoms with Crippen LogP contribution in [0.2, 0.25) is 5.02 Å². The first-order valence-corrected chi connectivity index (χ1v) is 10.5. The van der Waals surface area contributed by atoms with Crippen LogP contribution in [0.4, 0.5) is 24.5 Å². The molecular weight excluding hydrogens is 429 g/mol. The van der Waals surface area contributed by atoms with Crippen molar-refractivity contribution < 1.29 is 26.4 Å². The van der Waals surface area contributed by atoms with Crippen LogP contribution < -0.4 is 9.62 Å². The summed E-state index contributed by atoms with van der Waals surface area (Å²) in [5, 5.41) is 2.64. The fourth-order valence-electron chi connectivity index (χ4n) is 2.84. The van der Waals surface area contributed by atoms with Gasteiger partial charge in [0, 0.05) is 23.3 Å². The number of carbonyl (C=O) groups excluding carboxylic acids is 1. The summed E-state index contributed by atoms with van der Waals surface area (Å²) in [6.07, 6.45) is -1.69. The number of hydrogen-bond donors (Lipinski definition) is 1. The number of alkyl halides is 3. The maximum Gasteiger partial charge on any atom is 0.416 e. The molecule has 2 aromatic rings. The first kappa shape index (κ1) is 21.2. The van der Waals surface area contributed by atoms with Crippen LogP contribution in [0.15, 0.2) is 48.5 Å². The molecule has 0 spiro atoms. The fourth-order valence-corrected chi connectivity index (χ4v) is 4.58. The van der Waals surface area contributed by atoms with Gasteiger partial charge in [0.1, 0.15) is 0 Å². The summed E-state index contributed by atoms with van der Waals surface area (Å²) in [4.78, 5) is 12.1. The monoisotopic (exact) mass is 444 g/mol. The van der Waals surface area contributed by atoms with Crippen molar-refractivity contribution in [1.29, 1.82) is 0 Å². The normalized spacial score (nSPS) is 16.3. The van der Waals surface area contributed by atoms with Gasteiger partial charge in [-0.2, -0.15) is 13.2 Å². The Hall–Kier alpha value is -2.52. The molecule has 0 aliphatic carbocycles. The van der Waals surface area contributed by atoms with Crippen molar-refractivity contribution in [3.8, 4) is 0 Å². The van der Waals surface area contributed by atoms with Crippen LogP contribution in [0.1, 0.15) is 17.5 Å². The van der Waals surface area contributed by atoms with Crippen molar-refractivity contribution in [3.05, 3.63) is 64.7 Å². The summed E-state index contributed by atoms with van der Waals surface area (Å²) in [6.45, 7) is 0.411. The first-order valence-electron chi connectivity index (χ1n) is 8.52. The van der Waals surface area contributed by atoms with Crippen molar-refractivity contribution in [2.24, 2.45) is 0 Å². The zero-order valence-electron chi connectivity index (χ0n) is 14.9. The smallest absolute Gasteiger partial charge is 0.323 e. The zero-order valence-corrected chi connectivity index (χ0v) is 16.5. The highest BCUT2D eigenvalue weighted by molar-refractivity contribution is 7.93. The molecule has 5 nitrogen and oxygen atoms in total. The van der Waals surface area contributed by atoms with Crippen molar-refractivity contribution >= 4 is 45.0 Å². The number of hydrogen-bond acceptors (Lipinski definition) is 3. The Morgan fingerprint density at radius 1 is 1.14 bits per heavy atom. The lowest BCUT2D eigenvalue weighted by Gasteiger charge is -2.17. The van der Waals surface area contributed by atoms with Gasteiger partial charge in [0.05, 0.1) is 17.0 Å². The number of anilines is 2. The second-order valence-electron chi connectivity index (χ2n) is 6.35. The molecule has 1 aliphatic rings. The van der Waals surface area contributed by atoms with Gasteiger partial charge in [-0.3, -0.25) is 9.10 Å². The van der Waals surface area contributed by atoms with Gasteiger partial charge in [-0.05, 0) is 60.5 Å². The molecule has 0 saturated carbocycles. The Morgan fingerprint density at radius 2 is 1.83 bits per heavy atom. The molecule has 0 bridgehead atoms. The molecule has 154 valence electrons. The van der Waals surface area contributed by atoms with Crippen LogP contribution in [-0.4, -0.2) is 26.6 Å². The van der Waals surface area contributed by atoms with Crippen molar-refractivity contribution in [2.75, 3.05) is 21.9 Å². The van der Waals surface area contributed by atoms with Gasteiger partial charge in [0.2, 0.25) is 15.9 Å². The molecule has 3 rings (SSSR count). The minimum atomic E-state index is -4.51. The Kier molecular flexibility index (Phi) is 5.90. The molecular formula is C19H16ClF3N2O3S. The van der Waals surface area contributed by atoms with E-state index in [1.165, 1.54) is 10.4 Å². The quantitative estimate of drug-likeness (QED) is 0.703. The van der Waals surface area contributed by atoms with Crippen LogP contribution in [0.3, 0.4) is 0 Å². The highest BCUT2D eigenvalue weighted by Gasteiger charge is 2.30. The topological polar surface area (TPSA) is 66.5 Å². The largest absolute Gasteiger partial charge is 0.416 e. The van der Waals surface area contributed by atoms with Crippen LogP contribution >= 0.6 is 11.6 Å². The molecule has 0 unspecified atom stereocenters.